The molecule has 2 aromatic carbocycles. The van der Waals surface area contributed by atoms with Gasteiger partial charge < -0.3 is 10.1 Å². The molecule has 1 unspecified atom stereocenters. The molecule has 0 fully saturated rings. The monoisotopic (exact) mass is 523 g/mol. The van der Waals surface area contributed by atoms with E-state index in [2.05, 4.69) is 21.3 Å². The first kappa shape index (κ1) is 24.8. The molecule has 0 amide bonds. The van der Waals surface area contributed by atoms with E-state index in [9.17, 15) is 5.26 Å². The van der Waals surface area contributed by atoms with Crippen LogP contribution in [0.5, 0.6) is 5.75 Å². The highest BCUT2D eigenvalue weighted by atomic mass is 35.5. The maximum Gasteiger partial charge on any atom is 0.188 e. The molecule has 2 aliphatic rings. The van der Waals surface area contributed by atoms with E-state index in [4.69, 9.17) is 21.3 Å². The Morgan fingerprint density at radius 3 is 2.75 bits per heavy atom. The fourth-order valence-electron chi connectivity index (χ4n) is 5.56. The van der Waals surface area contributed by atoms with E-state index in [-0.39, 0.29) is 5.82 Å². The largest absolute Gasteiger partial charge is 0.497 e. The molecule has 1 N–H and O–H groups in total. The Hall–Kier alpha value is -2.86. The van der Waals surface area contributed by atoms with Gasteiger partial charge in [0, 0.05) is 25.1 Å². The number of hydrogen-bond donors (Lipinski definition) is 1. The molecular formula is C27H27ClFN5OS. The van der Waals surface area contributed by atoms with Crippen LogP contribution in [0.2, 0.25) is 5.15 Å². The van der Waals surface area contributed by atoms with Crippen LogP contribution in [0.25, 0.3) is 0 Å². The Labute approximate surface area is 219 Å². The third-order valence-electron chi connectivity index (χ3n) is 7.41. The standard InChI is InChI=1S/C27H27ClFN5OS/c1-34-15-20-23(32-26(36-3)33-25(20)28)12-27(34)10-4-5-18-21(29)11-22(19(13-30)24(18)27)31-14-16-6-8-17(35-2)9-7-16/h6-9,11,31H,4-5,10,12,14-15H2,1-3H3. The number of halogens is 2. The van der Waals surface area contributed by atoms with E-state index < -0.39 is 5.54 Å². The Balaban J connectivity index is 1.58. The average molecular weight is 524 g/mol. The number of ether oxygens (including phenoxy) is 1. The normalized spacial score (nSPS) is 18.9. The lowest BCUT2D eigenvalue weighted by Gasteiger charge is -2.49. The van der Waals surface area contributed by atoms with Crippen molar-refractivity contribution < 1.29 is 9.13 Å². The highest BCUT2D eigenvalue weighted by Crippen LogP contribution is 2.49. The van der Waals surface area contributed by atoms with Gasteiger partial charge in [-0.1, -0.05) is 35.5 Å². The number of likely N-dealkylation sites (N-methyl/N-ethyl adjacent to an activating group) is 1. The number of nitriles is 1. The van der Waals surface area contributed by atoms with Crippen LogP contribution in [0, 0.1) is 17.1 Å². The zero-order chi connectivity index (χ0) is 25.4. The summed E-state index contributed by atoms with van der Waals surface area (Å²) in [5.41, 5.74) is 4.67. The second-order valence-electron chi connectivity index (χ2n) is 9.29. The first-order valence-corrected chi connectivity index (χ1v) is 13.4. The average Bonchev–Trinajstić information content (AvgIpc) is 2.89. The van der Waals surface area contributed by atoms with E-state index in [0.29, 0.717) is 53.1 Å². The topological polar surface area (TPSA) is 74.1 Å². The van der Waals surface area contributed by atoms with E-state index >= 15 is 4.39 Å². The highest BCUT2D eigenvalue weighted by molar-refractivity contribution is 7.98. The number of nitrogens with zero attached hydrogens (tertiary/aromatic N) is 4. The van der Waals surface area contributed by atoms with Gasteiger partial charge in [0.05, 0.1) is 29.6 Å². The number of rotatable bonds is 5. The van der Waals surface area contributed by atoms with Crippen LogP contribution >= 0.6 is 23.4 Å². The van der Waals surface area contributed by atoms with Crippen molar-refractivity contribution >= 4 is 29.1 Å². The van der Waals surface area contributed by atoms with Gasteiger partial charge in [0.1, 0.15) is 22.8 Å². The van der Waals surface area contributed by atoms with Gasteiger partial charge in [0.25, 0.3) is 0 Å². The Morgan fingerprint density at radius 1 is 1.28 bits per heavy atom. The van der Waals surface area contributed by atoms with Crippen LogP contribution in [0.3, 0.4) is 0 Å². The minimum Gasteiger partial charge on any atom is -0.497 e. The summed E-state index contributed by atoms with van der Waals surface area (Å²) in [4.78, 5) is 11.4. The summed E-state index contributed by atoms with van der Waals surface area (Å²) in [6.45, 7) is 1.00. The van der Waals surface area contributed by atoms with Gasteiger partial charge in [0.2, 0.25) is 0 Å². The first-order chi connectivity index (χ1) is 17.4. The Morgan fingerprint density at radius 2 is 2.06 bits per heavy atom. The predicted octanol–water partition coefficient (Wildman–Crippen LogP) is 5.70. The number of nitrogens with one attached hydrogen (secondary N) is 1. The summed E-state index contributed by atoms with van der Waals surface area (Å²) >= 11 is 7.97. The summed E-state index contributed by atoms with van der Waals surface area (Å²) in [5.74, 6) is 0.498. The molecule has 0 bridgehead atoms. The summed E-state index contributed by atoms with van der Waals surface area (Å²) in [6.07, 6.45) is 4.72. The number of methoxy groups -OCH3 is 1. The molecule has 0 saturated carbocycles. The fourth-order valence-corrected chi connectivity index (χ4v) is 6.24. The van der Waals surface area contributed by atoms with Gasteiger partial charge in [-0.2, -0.15) is 5.26 Å². The van der Waals surface area contributed by atoms with Crippen LogP contribution < -0.4 is 10.1 Å². The van der Waals surface area contributed by atoms with Crippen LogP contribution in [-0.2, 0) is 31.5 Å². The summed E-state index contributed by atoms with van der Waals surface area (Å²) in [7, 11) is 3.65. The van der Waals surface area contributed by atoms with Crippen molar-refractivity contribution in [2.75, 3.05) is 25.7 Å². The molecular weight excluding hydrogens is 497 g/mol. The van der Waals surface area contributed by atoms with Gasteiger partial charge in [-0.3, -0.25) is 4.90 Å². The fraction of sp³-hybridized carbons (Fsp3) is 0.370. The number of hydrogen-bond acceptors (Lipinski definition) is 7. The number of benzene rings is 2. The summed E-state index contributed by atoms with van der Waals surface area (Å²) in [5, 5.41) is 14.8. The van der Waals surface area contributed by atoms with Crippen LogP contribution in [-0.4, -0.2) is 35.3 Å². The lowest BCUT2D eigenvalue weighted by Crippen LogP contribution is -2.51. The predicted molar refractivity (Wildman–Crippen MR) is 140 cm³/mol. The van der Waals surface area contributed by atoms with Crippen molar-refractivity contribution in [3.05, 3.63) is 74.8 Å². The van der Waals surface area contributed by atoms with E-state index in [0.717, 1.165) is 41.0 Å². The second kappa shape index (κ2) is 9.89. The molecule has 3 aromatic rings. The minimum atomic E-state index is -0.544. The van der Waals surface area contributed by atoms with Crippen molar-refractivity contribution in [1.82, 2.24) is 14.9 Å². The molecule has 6 nitrogen and oxygen atoms in total. The van der Waals surface area contributed by atoms with Gasteiger partial charge >= 0.3 is 0 Å². The summed E-state index contributed by atoms with van der Waals surface area (Å²) < 4.78 is 20.8. The molecule has 1 atom stereocenters. The molecule has 1 aliphatic carbocycles. The molecule has 5 rings (SSSR count). The molecule has 0 radical (unpaired) electrons. The zero-order valence-corrected chi connectivity index (χ0v) is 22.1. The number of aromatic nitrogens is 2. The lowest BCUT2D eigenvalue weighted by molar-refractivity contribution is 0.0715. The number of thioether (sulfide) groups is 1. The number of anilines is 1. The molecule has 1 aliphatic heterocycles. The van der Waals surface area contributed by atoms with Crippen molar-refractivity contribution in [2.24, 2.45) is 0 Å². The van der Waals surface area contributed by atoms with Crippen LogP contribution in [0.1, 0.15) is 46.4 Å². The molecule has 2 heterocycles. The SMILES string of the molecule is COc1ccc(CNc2cc(F)c3c(c2C#N)C2(CCC3)Cc3nc(SC)nc(Cl)c3CN2C)cc1. The van der Waals surface area contributed by atoms with Crippen molar-refractivity contribution in [2.45, 2.75) is 49.5 Å². The Kier molecular flexibility index (Phi) is 6.82. The third kappa shape index (κ3) is 4.19. The van der Waals surface area contributed by atoms with Gasteiger partial charge in [-0.05, 0) is 67.5 Å². The van der Waals surface area contributed by atoms with Gasteiger partial charge in [-0.25, -0.2) is 14.4 Å². The molecule has 0 saturated heterocycles. The molecule has 186 valence electrons. The lowest BCUT2D eigenvalue weighted by atomic mass is 9.69. The number of fused-ring (bicyclic) bond motifs is 3. The zero-order valence-electron chi connectivity index (χ0n) is 20.5. The van der Waals surface area contributed by atoms with Crippen molar-refractivity contribution in [3.63, 3.8) is 0 Å². The van der Waals surface area contributed by atoms with Crippen LogP contribution in [0.4, 0.5) is 10.1 Å². The third-order valence-corrected chi connectivity index (χ3v) is 8.27. The first-order valence-electron chi connectivity index (χ1n) is 11.8. The maximum atomic E-state index is 15.6. The molecule has 9 heteroatoms. The van der Waals surface area contributed by atoms with E-state index in [1.54, 1.807) is 7.11 Å². The maximum absolute atomic E-state index is 15.6. The van der Waals surface area contributed by atoms with Crippen molar-refractivity contribution in [1.29, 1.82) is 5.26 Å². The van der Waals surface area contributed by atoms with Crippen molar-refractivity contribution in [3.8, 4) is 11.8 Å². The van der Waals surface area contributed by atoms with Gasteiger partial charge in [0.15, 0.2) is 5.16 Å². The molecule has 1 aromatic heterocycles. The second-order valence-corrected chi connectivity index (χ2v) is 10.4. The highest BCUT2D eigenvalue weighted by Gasteiger charge is 2.47. The van der Waals surface area contributed by atoms with Gasteiger partial charge in [-0.15, -0.1) is 0 Å². The smallest absolute Gasteiger partial charge is 0.188 e. The minimum absolute atomic E-state index is 0.273. The summed E-state index contributed by atoms with van der Waals surface area (Å²) in [6, 6.07) is 11.6. The van der Waals surface area contributed by atoms with Crippen LogP contribution in [0.15, 0.2) is 35.5 Å². The quantitative estimate of drug-likeness (QED) is 0.261. The molecule has 36 heavy (non-hydrogen) atoms. The molecule has 1 spiro atoms. The van der Waals surface area contributed by atoms with E-state index in [1.807, 2.05) is 37.6 Å². The Bertz CT molecular complexity index is 1360. The van der Waals surface area contributed by atoms with E-state index in [1.165, 1.54) is 17.8 Å².